The minimum Gasteiger partial charge on any atom is -0.352 e. The van der Waals surface area contributed by atoms with E-state index in [0.29, 0.717) is 6.54 Å². The molecule has 1 heterocycles. The van der Waals surface area contributed by atoms with Crippen molar-refractivity contribution in [3.63, 3.8) is 0 Å². The minimum absolute atomic E-state index is 0.0100. The van der Waals surface area contributed by atoms with Crippen LogP contribution in [0.5, 0.6) is 0 Å². The maximum absolute atomic E-state index is 11.9. The van der Waals surface area contributed by atoms with Crippen molar-refractivity contribution in [1.29, 1.82) is 0 Å². The molecule has 0 radical (unpaired) electrons. The summed E-state index contributed by atoms with van der Waals surface area (Å²) in [5.41, 5.74) is 2.15. The Hall–Kier alpha value is -2.01. The number of amides is 1. The molecule has 1 N–H and O–H groups in total. The van der Waals surface area contributed by atoms with Crippen LogP contribution in [-0.4, -0.2) is 27.3 Å². The first kappa shape index (κ1) is 15.4. The Labute approximate surface area is 129 Å². The Morgan fingerprint density at radius 1 is 1.48 bits per heavy atom. The van der Waals surface area contributed by atoms with Crippen molar-refractivity contribution < 1.29 is 4.79 Å². The zero-order chi connectivity index (χ0) is 15.2. The van der Waals surface area contributed by atoms with Gasteiger partial charge in [-0.05, 0) is 12.5 Å². The minimum atomic E-state index is -0.199. The van der Waals surface area contributed by atoms with E-state index < -0.39 is 0 Å². The number of carbonyl (C=O) groups is 1. The van der Waals surface area contributed by atoms with Gasteiger partial charge in [0.2, 0.25) is 5.91 Å². The molecule has 0 bridgehead atoms. The fourth-order valence-corrected chi connectivity index (χ4v) is 2.78. The van der Waals surface area contributed by atoms with Gasteiger partial charge in [-0.1, -0.05) is 48.2 Å². The lowest BCUT2D eigenvalue weighted by Crippen LogP contribution is -2.31. The highest BCUT2D eigenvalue weighted by molar-refractivity contribution is 8.00. The van der Waals surface area contributed by atoms with Gasteiger partial charge in [-0.3, -0.25) is 4.79 Å². The van der Waals surface area contributed by atoms with Gasteiger partial charge in [0.15, 0.2) is 5.16 Å². The molecule has 0 aliphatic heterocycles. The highest BCUT2D eigenvalue weighted by Crippen LogP contribution is 2.27. The van der Waals surface area contributed by atoms with Crippen molar-refractivity contribution in [3.05, 3.63) is 49.2 Å². The van der Waals surface area contributed by atoms with Crippen molar-refractivity contribution in [3.8, 4) is 11.3 Å². The molecule has 0 aliphatic rings. The first-order valence-corrected chi connectivity index (χ1v) is 7.64. The van der Waals surface area contributed by atoms with Crippen molar-refractivity contribution in [1.82, 2.24) is 14.9 Å². The number of nitrogens with one attached hydrogen (secondary N) is 1. The predicted molar refractivity (Wildman–Crippen MR) is 87.2 cm³/mol. The van der Waals surface area contributed by atoms with Crippen LogP contribution in [0.15, 0.2) is 54.3 Å². The van der Waals surface area contributed by atoms with E-state index in [1.165, 1.54) is 11.8 Å². The first-order valence-electron chi connectivity index (χ1n) is 6.76. The predicted octanol–water partition coefficient (Wildman–Crippen LogP) is 2.87. The lowest BCUT2D eigenvalue weighted by atomic mass is 10.2. The van der Waals surface area contributed by atoms with Gasteiger partial charge < -0.3 is 9.88 Å². The summed E-state index contributed by atoms with van der Waals surface area (Å²) in [7, 11) is 1.96. The van der Waals surface area contributed by atoms with Gasteiger partial charge in [-0.2, -0.15) is 0 Å². The smallest absolute Gasteiger partial charge is 0.233 e. The Morgan fingerprint density at radius 3 is 2.86 bits per heavy atom. The number of benzene rings is 1. The average Bonchev–Trinajstić information content (AvgIpc) is 2.86. The van der Waals surface area contributed by atoms with Crippen LogP contribution in [0.2, 0.25) is 0 Å². The molecule has 1 aromatic heterocycles. The van der Waals surface area contributed by atoms with Crippen LogP contribution >= 0.6 is 11.8 Å². The third-order valence-corrected chi connectivity index (χ3v) is 4.24. The second-order valence-corrected chi connectivity index (χ2v) is 5.95. The SMILES string of the molecule is C=CCNC(=O)C(C)Sc1ncc(-c2ccccc2)n1C. The number of hydrogen-bond donors (Lipinski definition) is 1. The number of hydrogen-bond acceptors (Lipinski definition) is 3. The fourth-order valence-electron chi connectivity index (χ4n) is 1.91. The molecule has 110 valence electrons. The molecule has 0 saturated heterocycles. The summed E-state index contributed by atoms with van der Waals surface area (Å²) in [5.74, 6) is -0.0100. The summed E-state index contributed by atoms with van der Waals surface area (Å²) < 4.78 is 2.01. The van der Waals surface area contributed by atoms with Crippen LogP contribution in [0.1, 0.15) is 6.92 Å². The summed E-state index contributed by atoms with van der Waals surface area (Å²) in [5, 5.41) is 3.42. The second-order valence-electron chi connectivity index (χ2n) is 4.64. The van der Waals surface area contributed by atoms with Gasteiger partial charge in [0.25, 0.3) is 0 Å². The Kier molecular flexibility index (Phi) is 5.22. The molecule has 0 aliphatic carbocycles. The number of imidazole rings is 1. The molecule has 1 aromatic carbocycles. The van der Waals surface area contributed by atoms with Crippen LogP contribution in [-0.2, 0) is 11.8 Å². The molecule has 1 amide bonds. The molecule has 21 heavy (non-hydrogen) atoms. The van der Waals surface area contributed by atoms with Crippen molar-refractivity contribution in [2.75, 3.05) is 6.54 Å². The number of carbonyl (C=O) groups excluding carboxylic acids is 1. The zero-order valence-corrected chi connectivity index (χ0v) is 13.1. The van der Waals surface area contributed by atoms with E-state index in [0.717, 1.165) is 16.4 Å². The number of aromatic nitrogens is 2. The van der Waals surface area contributed by atoms with Gasteiger partial charge in [0, 0.05) is 13.6 Å². The third-order valence-electron chi connectivity index (χ3n) is 3.09. The summed E-state index contributed by atoms with van der Waals surface area (Å²) in [6, 6.07) is 10.1. The van der Waals surface area contributed by atoms with Crippen LogP contribution in [0.3, 0.4) is 0 Å². The van der Waals surface area contributed by atoms with E-state index in [2.05, 4.69) is 16.9 Å². The van der Waals surface area contributed by atoms with Crippen molar-refractivity contribution in [2.45, 2.75) is 17.3 Å². The first-order chi connectivity index (χ1) is 10.1. The van der Waals surface area contributed by atoms with Crippen molar-refractivity contribution >= 4 is 17.7 Å². The lowest BCUT2D eigenvalue weighted by molar-refractivity contribution is -0.120. The number of nitrogens with zero attached hydrogens (tertiary/aromatic N) is 2. The van der Waals surface area contributed by atoms with Crippen LogP contribution in [0, 0.1) is 0 Å². The van der Waals surface area contributed by atoms with E-state index >= 15 is 0 Å². The van der Waals surface area contributed by atoms with Crippen LogP contribution < -0.4 is 5.32 Å². The molecule has 5 heteroatoms. The average molecular weight is 301 g/mol. The quantitative estimate of drug-likeness (QED) is 0.659. The Morgan fingerprint density at radius 2 is 2.19 bits per heavy atom. The third kappa shape index (κ3) is 3.76. The molecule has 0 saturated carbocycles. The van der Waals surface area contributed by atoms with E-state index in [1.54, 1.807) is 6.08 Å². The maximum atomic E-state index is 11.9. The van der Waals surface area contributed by atoms with E-state index in [9.17, 15) is 4.79 Å². The zero-order valence-electron chi connectivity index (χ0n) is 12.2. The molecular weight excluding hydrogens is 282 g/mol. The maximum Gasteiger partial charge on any atom is 0.233 e. The molecule has 2 aromatic rings. The standard InChI is InChI=1S/C16H19N3OS/c1-4-10-17-15(20)12(2)21-16-18-11-14(19(16)3)13-8-6-5-7-9-13/h4-9,11-12H,1,10H2,2-3H3,(H,17,20). The van der Waals surface area contributed by atoms with Gasteiger partial charge >= 0.3 is 0 Å². The molecule has 1 unspecified atom stereocenters. The molecule has 0 fully saturated rings. The molecular formula is C16H19N3OS. The summed E-state index contributed by atoms with van der Waals surface area (Å²) in [4.78, 5) is 16.3. The second kappa shape index (κ2) is 7.13. The van der Waals surface area contributed by atoms with E-state index in [-0.39, 0.29) is 11.2 Å². The molecule has 1 atom stereocenters. The summed E-state index contributed by atoms with van der Waals surface area (Å²) in [6.45, 7) is 5.95. The summed E-state index contributed by atoms with van der Waals surface area (Å²) >= 11 is 1.45. The van der Waals surface area contributed by atoms with Crippen molar-refractivity contribution in [2.24, 2.45) is 7.05 Å². The molecule has 2 rings (SSSR count). The topological polar surface area (TPSA) is 46.9 Å². The lowest BCUT2D eigenvalue weighted by Gasteiger charge is -2.11. The van der Waals surface area contributed by atoms with Gasteiger partial charge in [-0.25, -0.2) is 4.98 Å². The largest absolute Gasteiger partial charge is 0.352 e. The monoisotopic (exact) mass is 301 g/mol. The van der Waals surface area contributed by atoms with Crippen LogP contribution in [0.4, 0.5) is 0 Å². The number of thioether (sulfide) groups is 1. The van der Waals surface area contributed by atoms with Crippen LogP contribution in [0.25, 0.3) is 11.3 Å². The fraction of sp³-hybridized carbons (Fsp3) is 0.250. The Bertz CT molecular complexity index is 622. The Balaban J connectivity index is 2.10. The normalized spacial score (nSPS) is 11.9. The van der Waals surface area contributed by atoms with Gasteiger partial charge in [0.1, 0.15) is 0 Å². The highest BCUT2D eigenvalue weighted by Gasteiger charge is 2.17. The highest BCUT2D eigenvalue weighted by atomic mass is 32.2. The molecule has 0 spiro atoms. The molecule has 4 nitrogen and oxygen atoms in total. The number of rotatable bonds is 6. The summed E-state index contributed by atoms with van der Waals surface area (Å²) in [6.07, 6.45) is 3.51. The van der Waals surface area contributed by atoms with E-state index in [4.69, 9.17) is 0 Å². The van der Waals surface area contributed by atoms with Gasteiger partial charge in [0.05, 0.1) is 17.1 Å². The van der Waals surface area contributed by atoms with E-state index in [1.807, 2.05) is 55.1 Å². The van der Waals surface area contributed by atoms with Gasteiger partial charge in [-0.15, -0.1) is 6.58 Å².